The number of rotatable bonds is 4. The molecule has 0 spiro atoms. The van der Waals surface area contributed by atoms with Crippen LogP contribution in [-0.2, 0) is 4.74 Å². The van der Waals surface area contributed by atoms with E-state index in [9.17, 15) is 4.39 Å². The van der Waals surface area contributed by atoms with Crippen molar-refractivity contribution in [2.24, 2.45) is 5.73 Å². The van der Waals surface area contributed by atoms with Gasteiger partial charge in [-0.25, -0.2) is 4.39 Å². The van der Waals surface area contributed by atoms with Crippen LogP contribution in [-0.4, -0.2) is 61.8 Å². The van der Waals surface area contributed by atoms with E-state index in [4.69, 9.17) is 10.5 Å². The Morgan fingerprint density at radius 2 is 1.90 bits per heavy atom. The molecule has 2 saturated heterocycles. The van der Waals surface area contributed by atoms with Crippen molar-refractivity contribution in [3.05, 3.63) is 35.6 Å². The van der Waals surface area contributed by atoms with Gasteiger partial charge in [-0.2, -0.15) is 0 Å². The number of ether oxygens (including phenoxy) is 1. The van der Waals surface area contributed by atoms with Crippen molar-refractivity contribution in [2.45, 2.75) is 18.5 Å². The van der Waals surface area contributed by atoms with Crippen molar-refractivity contribution in [3.63, 3.8) is 0 Å². The fraction of sp³-hybridized carbons (Fsp3) is 0.625. The lowest BCUT2D eigenvalue weighted by Gasteiger charge is -2.32. The number of halogens is 1. The average Bonchev–Trinajstić information content (AvgIpc) is 2.97. The predicted octanol–water partition coefficient (Wildman–Crippen LogP) is 1.23. The number of nitrogens with two attached hydrogens (primary N) is 1. The molecule has 4 nitrogen and oxygen atoms in total. The van der Waals surface area contributed by atoms with Crippen LogP contribution >= 0.6 is 0 Å². The summed E-state index contributed by atoms with van der Waals surface area (Å²) in [5.41, 5.74) is 7.26. The summed E-state index contributed by atoms with van der Waals surface area (Å²) < 4.78 is 18.4. The lowest BCUT2D eigenvalue weighted by Crippen LogP contribution is -2.45. The van der Waals surface area contributed by atoms with Crippen LogP contribution in [0, 0.1) is 5.82 Å². The molecule has 116 valence electrons. The molecule has 2 N–H and O–H groups in total. The molecule has 0 radical (unpaired) electrons. The summed E-state index contributed by atoms with van der Waals surface area (Å²) in [5, 5.41) is 0. The van der Waals surface area contributed by atoms with Crippen molar-refractivity contribution in [3.8, 4) is 0 Å². The Labute approximate surface area is 125 Å². The van der Waals surface area contributed by atoms with Crippen LogP contribution in [0.2, 0.25) is 0 Å². The minimum absolute atomic E-state index is 0.0472. The van der Waals surface area contributed by atoms with E-state index >= 15 is 0 Å². The maximum atomic E-state index is 12.9. The van der Waals surface area contributed by atoms with Crippen molar-refractivity contribution in [1.29, 1.82) is 0 Å². The minimum Gasteiger partial charge on any atom is -0.379 e. The van der Waals surface area contributed by atoms with Crippen LogP contribution < -0.4 is 5.73 Å². The third-order valence-corrected chi connectivity index (χ3v) is 4.56. The summed E-state index contributed by atoms with van der Waals surface area (Å²) in [6, 6.07) is 7.12. The lowest BCUT2D eigenvalue weighted by atomic mass is 10.1. The number of nitrogens with zero attached hydrogens (tertiary/aromatic N) is 2. The van der Waals surface area contributed by atoms with Gasteiger partial charge in [-0.05, 0) is 30.7 Å². The first-order chi connectivity index (χ1) is 10.2. The smallest absolute Gasteiger partial charge is 0.123 e. The van der Waals surface area contributed by atoms with Gasteiger partial charge in [-0.3, -0.25) is 9.80 Å². The molecule has 0 aromatic heterocycles. The molecule has 2 fully saturated rings. The third-order valence-electron chi connectivity index (χ3n) is 4.56. The summed E-state index contributed by atoms with van der Waals surface area (Å²) >= 11 is 0. The molecular formula is C16H24FN3O. The summed E-state index contributed by atoms with van der Waals surface area (Å²) in [6.45, 7) is 6.81. The van der Waals surface area contributed by atoms with Gasteiger partial charge in [-0.1, -0.05) is 12.1 Å². The van der Waals surface area contributed by atoms with E-state index in [1.165, 1.54) is 18.6 Å². The van der Waals surface area contributed by atoms with E-state index in [1.807, 2.05) is 0 Å². The highest BCUT2D eigenvalue weighted by Gasteiger charge is 2.29. The highest BCUT2D eigenvalue weighted by atomic mass is 19.1. The van der Waals surface area contributed by atoms with Gasteiger partial charge in [0.05, 0.1) is 13.2 Å². The van der Waals surface area contributed by atoms with E-state index in [1.54, 1.807) is 12.1 Å². The Balaban J connectivity index is 1.50. The topological polar surface area (TPSA) is 41.7 Å². The highest BCUT2D eigenvalue weighted by molar-refractivity contribution is 5.19. The van der Waals surface area contributed by atoms with Gasteiger partial charge in [0.1, 0.15) is 5.82 Å². The molecular weight excluding hydrogens is 269 g/mol. The molecule has 3 rings (SSSR count). The van der Waals surface area contributed by atoms with Crippen LogP contribution in [0.1, 0.15) is 18.0 Å². The molecule has 21 heavy (non-hydrogen) atoms. The Morgan fingerprint density at radius 1 is 1.19 bits per heavy atom. The molecule has 0 amide bonds. The average molecular weight is 293 g/mol. The molecule has 1 aromatic rings. The van der Waals surface area contributed by atoms with Gasteiger partial charge < -0.3 is 10.5 Å². The molecule has 5 heteroatoms. The van der Waals surface area contributed by atoms with Crippen molar-refractivity contribution >= 4 is 0 Å². The maximum absolute atomic E-state index is 12.9. The lowest BCUT2D eigenvalue weighted by molar-refractivity contribution is 0.0184. The van der Waals surface area contributed by atoms with Gasteiger partial charge in [0, 0.05) is 38.3 Å². The summed E-state index contributed by atoms with van der Waals surface area (Å²) in [7, 11) is 0. The van der Waals surface area contributed by atoms with E-state index in [2.05, 4.69) is 9.80 Å². The molecule has 0 bridgehead atoms. The highest BCUT2D eigenvalue weighted by Crippen LogP contribution is 2.20. The first kappa shape index (κ1) is 14.9. The third kappa shape index (κ3) is 3.80. The Hall–Kier alpha value is -1.01. The largest absolute Gasteiger partial charge is 0.379 e. The van der Waals surface area contributed by atoms with Gasteiger partial charge in [0.2, 0.25) is 0 Å². The number of likely N-dealkylation sites (tertiary alicyclic amines) is 1. The summed E-state index contributed by atoms with van der Waals surface area (Å²) in [5.74, 6) is -0.209. The monoisotopic (exact) mass is 293 g/mol. The van der Waals surface area contributed by atoms with Crippen LogP contribution in [0.4, 0.5) is 4.39 Å². The van der Waals surface area contributed by atoms with E-state index < -0.39 is 0 Å². The molecule has 2 aliphatic rings. The van der Waals surface area contributed by atoms with E-state index in [0.29, 0.717) is 6.04 Å². The quantitative estimate of drug-likeness (QED) is 0.907. The number of morpholine rings is 1. The number of hydrogen-bond acceptors (Lipinski definition) is 4. The van der Waals surface area contributed by atoms with E-state index in [0.717, 1.165) is 51.5 Å². The summed E-state index contributed by atoms with van der Waals surface area (Å²) in [4.78, 5) is 4.96. The van der Waals surface area contributed by atoms with Gasteiger partial charge >= 0.3 is 0 Å². The maximum Gasteiger partial charge on any atom is 0.123 e. The van der Waals surface area contributed by atoms with Crippen LogP contribution in [0.3, 0.4) is 0 Å². The second-order valence-corrected chi connectivity index (χ2v) is 6.01. The molecule has 2 heterocycles. The molecule has 2 atom stereocenters. The normalized spacial score (nSPS) is 26.1. The molecule has 0 saturated carbocycles. The minimum atomic E-state index is -0.209. The van der Waals surface area contributed by atoms with Crippen molar-refractivity contribution < 1.29 is 9.13 Å². The SMILES string of the molecule is NC(CN1CCC(N2CCOCC2)C1)c1ccc(F)cc1. The second-order valence-electron chi connectivity index (χ2n) is 6.01. The zero-order valence-electron chi connectivity index (χ0n) is 12.4. The standard InChI is InChI=1S/C16H24FN3O/c17-14-3-1-13(2-4-14)16(18)12-19-6-5-15(11-19)20-7-9-21-10-8-20/h1-4,15-16H,5-12,18H2. The van der Waals surface area contributed by atoms with Gasteiger partial charge in [0.15, 0.2) is 0 Å². The van der Waals surface area contributed by atoms with Crippen molar-refractivity contribution in [2.75, 3.05) is 45.9 Å². The first-order valence-corrected chi connectivity index (χ1v) is 7.77. The van der Waals surface area contributed by atoms with Crippen LogP contribution in [0.25, 0.3) is 0 Å². The molecule has 1 aromatic carbocycles. The number of hydrogen-bond donors (Lipinski definition) is 1. The second kappa shape index (κ2) is 6.83. The Bertz CT molecular complexity index is 447. The van der Waals surface area contributed by atoms with Crippen LogP contribution in [0.5, 0.6) is 0 Å². The summed E-state index contributed by atoms with van der Waals surface area (Å²) in [6.07, 6.45) is 1.20. The zero-order valence-corrected chi connectivity index (χ0v) is 12.4. The number of benzene rings is 1. The zero-order chi connectivity index (χ0) is 14.7. The Kier molecular flexibility index (Phi) is 4.85. The van der Waals surface area contributed by atoms with Gasteiger partial charge in [-0.15, -0.1) is 0 Å². The fourth-order valence-corrected chi connectivity index (χ4v) is 3.31. The van der Waals surface area contributed by atoms with Crippen LogP contribution in [0.15, 0.2) is 24.3 Å². The predicted molar refractivity (Wildman–Crippen MR) is 80.6 cm³/mol. The fourth-order valence-electron chi connectivity index (χ4n) is 3.31. The van der Waals surface area contributed by atoms with E-state index in [-0.39, 0.29) is 11.9 Å². The Morgan fingerprint density at radius 3 is 2.62 bits per heavy atom. The molecule has 2 aliphatic heterocycles. The van der Waals surface area contributed by atoms with Crippen molar-refractivity contribution in [1.82, 2.24) is 9.80 Å². The molecule has 0 aliphatic carbocycles. The first-order valence-electron chi connectivity index (χ1n) is 7.77. The molecule has 2 unspecified atom stereocenters. The van der Waals surface area contributed by atoms with Gasteiger partial charge in [0.25, 0.3) is 0 Å².